The maximum absolute atomic E-state index is 13.2. The Labute approximate surface area is 221 Å². The van der Waals surface area contributed by atoms with Gasteiger partial charge in [0.25, 0.3) is 5.91 Å². The lowest BCUT2D eigenvalue weighted by molar-refractivity contribution is -0.137. The van der Waals surface area contributed by atoms with Gasteiger partial charge in [-0.1, -0.05) is 29.8 Å². The lowest BCUT2D eigenvalue weighted by Crippen LogP contribution is -2.30. The Morgan fingerprint density at radius 1 is 0.974 bits per heavy atom. The highest BCUT2D eigenvalue weighted by Gasteiger charge is 2.30. The molecule has 1 N–H and O–H groups in total. The van der Waals surface area contributed by atoms with E-state index >= 15 is 0 Å². The Bertz CT molecular complexity index is 1510. The number of benzene rings is 3. The second kappa shape index (κ2) is 10.3. The summed E-state index contributed by atoms with van der Waals surface area (Å²) in [5.74, 6) is -0.487. The number of aromatic nitrogens is 1. The van der Waals surface area contributed by atoms with Gasteiger partial charge in [0.05, 0.1) is 12.0 Å². The summed E-state index contributed by atoms with van der Waals surface area (Å²) in [5, 5.41) is 3.21. The third-order valence-corrected chi connectivity index (χ3v) is 6.58. The first-order valence-corrected chi connectivity index (χ1v) is 12.2. The summed E-state index contributed by atoms with van der Waals surface area (Å²) in [5.41, 5.74) is 3.29. The van der Waals surface area contributed by atoms with Crippen molar-refractivity contribution in [3.63, 3.8) is 0 Å². The second-order valence-corrected chi connectivity index (χ2v) is 9.29. The minimum absolute atomic E-state index is 0.0541. The van der Waals surface area contributed by atoms with Crippen LogP contribution in [0, 0.1) is 0 Å². The minimum Gasteiger partial charge on any atom is -0.322 e. The number of fused-ring (bicyclic) bond motifs is 1. The van der Waals surface area contributed by atoms with Crippen LogP contribution in [0.3, 0.4) is 0 Å². The summed E-state index contributed by atoms with van der Waals surface area (Å²) in [7, 11) is 0. The van der Waals surface area contributed by atoms with Crippen molar-refractivity contribution in [2.24, 2.45) is 0 Å². The summed E-state index contributed by atoms with van der Waals surface area (Å²) < 4.78 is 39.0. The van der Waals surface area contributed by atoms with Crippen LogP contribution < -0.4 is 10.2 Å². The van der Waals surface area contributed by atoms with Crippen molar-refractivity contribution in [2.75, 3.05) is 16.8 Å². The van der Waals surface area contributed by atoms with Crippen molar-refractivity contribution in [3.8, 4) is 11.1 Å². The Morgan fingerprint density at radius 3 is 2.47 bits per heavy atom. The smallest absolute Gasteiger partial charge is 0.322 e. The number of nitrogens with zero attached hydrogens (tertiary/aromatic N) is 2. The summed E-state index contributed by atoms with van der Waals surface area (Å²) in [6.07, 6.45) is -1.97. The van der Waals surface area contributed by atoms with E-state index in [-0.39, 0.29) is 17.9 Å². The summed E-state index contributed by atoms with van der Waals surface area (Å²) in [4.78, 5) is 32.0. The zero-order chi connectivity index (χ0) is 26.9. The molecule has 1 aliphatic rings. The van der Waals surface area contributed by atoms with Crippen molar-refractivity contribution in [2.45, 2.75) is 19.0 Å². The third-order valence-electron chi connectivity index (χ3n) is 6.34. The van der Waals surface area contributed by atoms with Gasteiger partial charge in [-0.2, -0.15) is 13.2 Å². The molecule has 0 bridgehead atoms. The van der Waals surface area contributed by atoms with Crippen molar-refractivity contribution >= 4 is 34.8 Å². The maximum atomic E-state index is 13.2. The van der Waals surface area contributed by atoms with Crippen molar-refractivity contribution < 1.29 is 22.8 Å². The zero-order valence-corrected chi connectivity index (χ0v) is 20.7. The Kier molecular flexibility index (Phi) is 6.91. The molecule has 1 aliphatic heterocycles. The number of hydrogen-bond donors (Lipinski definition) is 1. The van der Waals surface area contributed by atoms with E-state index in [1.165, 1.54) is 18.2 Å². The molecule has 5 rings (SSSR count). The molecule has 0 saturated carbocycles. The number of carbonyl (C=O) groups excluding carboxylic acids is 2. The van der Waals surface area contributed by atoms with Crippen LogP contribution in [0.5, 0.6) is 0 Å². The van der Waals surface area contributed by atoms with Crippen LogP contribution in [-0.2, 0) is 23.8 Å². The molecule has 0 saturated heterocycles. The summed E-state index contributed by atoms with van der Waals surface area (Å²) >= 11 is 6.14. The van der Waals surface area contributed by atoms with Gasteiger partial charge in [-0.15, -0.1) is 0 Å². The molecule has 0 atom stereocenters. The lowest BCUT2D eigenvalue weighted by Gasteiger charge is -2.18. The first-order valence-electron chi connectivity index (χ1n) is 11.8. The molecule has 0 aliphatic carbocycles. The Balaban J connectivity index is 1.35. The van der Waals surface area contributed by atoms with E-state index in [2.05, 4.69) is 10.3 Å². The predicted octanol–water partition coefficient (Wildman–Crippen LogP) is 6.80. The molecular weight excluding hydrogens is 515 g/mol. The number of halogens is 4. The van der Waals surface area contributed by atoms with E-state index < -0.39 is 17.6 Å². The predicted molar refractivity (Wildman–Crippen MR) is 140 cm³/mol. The number of pyridine rings is 1. The first kappa shape index (κ1) is 25.5. The van der Waals surface area contributed by atoms with Gasteiger partial charge in [-0.3, -0.25) is 14.6 Å². The zero-order valence-electron chi connectivity index (χ0n) is 19.9. The molecule has 0 fully saturated rings. The fraction of sp³-hybridized carbons (Fsp3) is 0.138. The standard InChI is InChI=1S/C29H21ClF3N3O2/c30-21-8-10-24(25(16-21)18-4-6-20(7-5-18)29(31,32)33)28(38)35-23-9-11-26-19(15-23)12-14-36(26)27(37)17-22-3-1-2-13-34-22/h1-11,13,15-16H,12,14,17H2,(H,35,38). The SMILES string of the molecule is O=C(Nc1ccc2c(c1)CCN2C(=O)Cc1ccccn1)c1ccc(Cl)cc1-c1ccc(C(F)(F)F)cc1. The lowest BCUT2D eigenvalue weighted by atomic mass is 9.98. The van der Waals surface area contributed by atoms with E-state index in [9.17, 15) is 22.8 Å². The largest absolute Gasteiger partial charge is 0.416 e. The number of amides is 2. The number of carbonyl (C=O) groups is 2. The van der Waals surface area contributed by atoms with Crippen molar-refractivity contribution in [1.29, 1.82) is 0 Å². The molecule has 2 heterocycles. The van der Waals surface area contributed by atoms with Gasteiger partial charge < -0.3 is 10.2 Å². The molecule has 0 spiro atoms. The molecule has 192 valence electrons. The number of alkyl halides is 3. The third kappa shape index (κ3) is 5.40. The van der Waals surface area contributed by atoms with Gasteiger partial charge in [-0.25, -0.2) is 0 Å². The van der Waals surface area contributed by atoms with Crippen LogP contribution in [-0.4, -0.2) is 23.3 Å². The Hall–Kier alpha value is -4.17. The van der Waals surface area contributed by atoms with Crippen LogP contribution in [0.15, 0.2) is 85.1 Å². The van der Waals surface area contributed by atoms with E-state index in [4.69, 9.17) is 11.6 Å². The van der Waals surface area contributed by atoms with E-state index in [1.807, 2.05) is 18.2 Å². The molecule has 1 aromatic heterocycles. The fourth-order valence-corrected chi connectivity index (χ4v) is 4.65. The van der Waals surface area contributed by atoms with E-state index in [0.717, 1.165) is 23.4 Å². The number of rotatable bonds is 5. The second-order valence-electron chi connectivity index (χ2n) is 8.86. The summed E-state index contributed by atoms with van der Waals surface area (Å²) in [6, 6.07) is 20.0. The van der Waals surface area contributed by atoms with E-state index in [1.54, 1.807) is 41.4 Å². The monoisotopic (exact) mass is 535 g/mol. The molecule has 38 heavy (non-hydrogen) atoms. The average Bonchev–Trinajstić information content (AvgIpc) is 3.32. The topological polar surface area (TPSA) is 62.3 Å². The van der Waals surface area contributed by atoms with Gasteiger partial charge >= 0.3 is 6.18 Å². The van der Waals surface area contributed by atoms with Gasteiger partial charge in [0.1, 0.15) is 0 Å². The Morgan fingerprint density at radius 2 is 1.76 bits per heavy atom. The van der Waals surface area contributed by atoms with Crippen molar-refractivity contribution in [3.05, 3.63) is 112 Å². The highest BCUT2D eigenvalue weighted by molar-refractivity contribution is 6.31. The molecular formula is C29H21ClF3N3O2. The van der Waals surface area contributed by atoms with Crippen molar-refractivity contribution in [1.82, 2.24) is 4.98 Å². The van der Waals surface area contributed by atoms with Gasteiger partial charge in [-0.05, 0) is 83.8 Å². The first-order chi connectivity index (χ1) is 18.2. The molecule has 2 amide bonds. The fourth-order valence-electron chi connectivity index (χ4n) is 4.48. The van der Waals surface area contributed by atoms with Crippen LogP contribution in [0.4, 0.5) is 24.5 Å². The van der Waals surface area contributed by atoms with Gasteiger partial charge in [0.15, 0.2) is 0 Å². The molecule has 9 heteroatoms. The normalized spacial score (nSPS) is 12.8. The van der Waals surface area contributed by atoms with Gasteiger partial charge in [0.2, 0.25) is 5.91 Å². The highest BCUT2D eigenvalue weighted by Crippen LogP contribution is 2.34. The molecule has 5 nitrogen and oxygen atoms in total. The van der Waals surface area contributed by atoms with E-state index in [0.29, 0.717) is 40.5 Å². The van der Waals surface area contributed by atoms with Crippen LogP contribution in [0.25, 0.3) is 11.1 Å². The minimum atomic E-state index is -4.46. The molecule has 0 radical (unpaired) electrons. The molecule has 3 aromatic carbocycles. The highest BCUT2D eigenvalue weighted by atomic mass is 35.5. The van der Waals surface area contributed by atoms with Crippen LogP contribution in [0.1, 0.15) is 27.2 Å². The number of anilines is 2. The average molecular weight is 536 g/mol. The molecule has 4 aromatic rings. The number of hydrogen-bond acceptors (Lipinski definition) is 3. The number of nitrogens with one attached hydrogen (secondary N) is 1. The van der Waals surface area contributed by atoms with Gasteiger partial charge in [0, 0.05) is 40.4 Å². The maximum Gasteiger partial charge on any atom is 0.416 e. The molecule has 0 unspecified atom stereocenters. The summed E-state index contributed by atoms with van der Waals surface area (Å²) in [6.45, 7) is 0.535. The van der Waals surface area contributed by atoms with Crippen LogP contribution >= 0.6 is 11.6 Å². The quantitative estimate of drug-likeness (QED) is 0.305. The van der Waals surface area contributed by atoms with Crippen LogP contribution in [0.2, 0.25) is 5.02 Å².